The fourth-order valence-electron chi connectivity index (χ4n) is 3.14. The lowest BCUT2D eigenvalue weighted by molar-refractivity contribution is 0.0736. The van der Waals surface area contributed by atoms with Crippen LogP contribution in [0.15, 0.2) is 24.3 Å². The minimum absolute atomic E-state index is 0.107. The smallest absolute Gasteiger partial charge is 0.0496 e. The molecule has 2 atom stereocenters. The van der Waals surface area contributed by atoms with Gasteiger partial charge in [0.25, 0.3) is 0 Å². The van der Waals surface area contributed by atoms with Gasteiger partial charge in [0.05, 0.1) is 0 Å². The van der Waals surface area contributed by atoms with Gasteiger partial charge in [0.2, 0.25) is 0 Å². The highest BCUT2D eigenvalue weighted by atomic mass is 35.5. The maximum Gasteiger partial charge on any atom is 0.0496 e. The van der Waals surface area contributed by atoms with Crippen LogP contribution in [0.3, 0.4) is 0 Å². The van der Waals surface area contributed by atoms with Gasteiger partial charge in [-0.05, 0) is 56.5 Å². The number of nitrogens with two attached hydrogens (primary N) is 1. The molecule has 0 aromatic heterocycles. The predicted molar refractivity (Wildman–Crippen MR) is 84.0 cm³/mol. The van der Waals surface area contributed by atoms with Crippen molar-refractivity contribution in [1.29, 1.82) is 0 Å². The number of halogens is 1. The maximum atomic E-state index is 6.23. The van der Waals surface area contributed by atoms with Crippen molar-refractivity contribution < 1.29 is 4.74 Å². The van der Waals surface area contributed by atoms with Crippen molar-refractivity contribution in [3.8, 4) is 0 Å². The third-order valence-electron chi connectivity index (χ3n) is 4.15. The van der Waals surface area contributed by atoms with E-state index in [4.69, 9.17) is 22.1 Å². The monoisotopic (exact) mass is 296 g/mol. The number of ether oxygens (including phenoxy) is 1. The molecule has 0 saturated carbocycles. The predicted octanol–water partition coefficient (Wildman–Crippen LogP) is 3.09. The Morgan fingerprint density at radius 2 is 1.90 bits per heavy atom. The van der Waals surface area contributed by atoms with Gasteiger partial charge in [-0.1, -0.05) is 23.7 Å². The summed E-state index contributed by atoms with van der Waals surface area (Å²) < 4.78 is 5.26. The van der Waals surface area contributed by atoms with E-state index in [1.54, 1.807) is 7.11 Å². The van der Waals surface area contributed by atoms with Crippen molar-refractivity contribution in [3.05, 3.63) is 34.9 Å². The third kappa shape index (κ3) is 3.95. The Morgan fingerprint density at radius 3 is 2.40 bits per heavy atom. The quantitative estimate of drug-likeness (QED) is 0.907. The Balaban J connectivity index is 2.05. The number of rotatable bonds is 5. The number of methoxy groups -OCH3 is 1. The van der Waals surface area contributed by atoms with E-state index in [-0.39, 0.29) is 12.1 Å². The summed E-state index contributed by atoms with van der Waals surface area (Å²) in [5, 5.41) is 0.774. The van der Waals surface area contributed by atoms with E-state index in [0.29, 0.717) is 5.92 Å². The van der Waals surface area contributed by atoms with Crippen molar-refractivity contribution in [2.45, 2.75) is 31.8 Å². The zero-order valence-corrected chi connectivity index (χ0v) is 13.1. The zero-order valence-electron chi connectivity index (χ0n) is 12.4. The second kappa shape index (κ2) is 7.41. The van der Waals surface area contributed by atoms with Gasteiger partial charge < -0.3 is 10.5 Å². The number of hydrogen-bond donors (Lipinski definition) is 1. The molecule has 0 spiro atoms. The van der Waals surface area contributed by atoms with Crippen LogP contribution in [-0.4, -0.2) is 37.7 Å². The van der Waals surface area contributed by atoms with Crippen molar-refractivity contribution in [2.75, 3.05) is 26.8 Å². The number of hydrogen-bond acceptors (Lipinski definition) is 3. The van der Waals surface area contributed by atoms with Crippen molar-refractivity contribution in [1.82, 2.24) is 4.90 Å². The molecule has 20 heavy (non-hydrogen) atoms. The van der Waals surface area contributed by atoms with Gasteiger partial charge in [-0.15, -0.1) is 0 Å². The van der Waals surface area contributed by atoms with Crippen LogP contribution in [0.2, 0.25) is 5.02 Å². The normalized spacial score (nSPS) is 20.8. The minimum atomic E-state index is 0.107. The van der Waals surface area contributed by atoms with Crippen LogP contribution in [0.25, 0.3) is 0 Å². The fourth-order valence-corrected chi connectivity index (χ4v) is 3.27. The molecule has 2 rings (SSSR count). The van der Waals surface area contributed by atoms with Gasteiger partial charge in [0, 0.05) is 30.8 Å². The molecular formula is C16H25ClN2O. The molecule has 2 unspecified atom stereocenters. The summed E-state index contributed by atoms with van der Waals surface area (Å²) in [6, 6.07) is 8.47. The van der Waals surface area contributed by atoms with Crippen LogP contribution in [0.1, 0.15) is 31.4 Å². The Morgan fingerprint density at radius 1 is 1.30 bits per heavy atom. The van der Waals surface area contributed by atoms with E-state index in [1.807, 2.05) is 12.1 Å². The Hall–Kier alpha value is -0.610. The molecule has 3 nitrogen and oxygen atoms in total. The van der Waals surface area contributed by atoms with Gasteiger partial charge >= 0.3 is 0 Å². The average Bonchev–Trinajstić information content (AvgIpc) is 2.43. The van der Waals surface area contributed by atoms with Crippen LogP contribution in [0.4, 0.5) is 0 Å². The first-order chi connectivity index (χ1) is 9.61. The van der Waals surface area contributed by atoms with Gasteiger partial charge in [-0.2, -0.15) is 0 Å². The summed E-state index contributed by atoms with van der Waals surface area (Å²) in [6.07, 6.45) is 2.37. The van der Waals surface area contributed by atoms with E-state index in [9.17, 15) is 0 Å². The molecule has 0 radical (unpaired) electrons. The molecule has 2 N–H and O–H groups in total. The first-order valence-corrected chi connectivity index (χ1v) is 7.73. The number of likely N-dealkylation sites (tertiary alicyclic amines) is 1. The Bertz CT molecular complexity index is 399. The molecule has 1 aliphatic heterocycles. The average molecular weight is 297 g/mol. The Kier molecular flexibility index (Phi) is 5.85. The van der Waals surface area contributed by atoms with Crippen LogP contribution >= 0.6 is 11.6 Å². The molecule has 112 valence electrons. The van der Waals surface area contributed by atoms with Crippen molar-refractivity contribution >= 4 is 11.6 Å². The number of piperidine rings is 1. The lowest BCUT2D eigenvalue weighted by atomic mass is 9.92. The first-order valence-electron chi connectivity index (χ1n) is 7.36. The molecule has 1 aliphatic rings. The summed E-state index contributed by atoms with van der Waals surface area (Å²) in [5.41, 5.74) is 7.49. The van der Waals surface area contributed by atoms with Gasteiger partial charge in [0.15, 0.2) is 0 Å². The van der Waals surface area contributed by atoms with Crippen LogP contribution in [0, 0.1) is 5.92 Å². The highest BCUT2D eigenvalue weighted by Crippen LogP contribution is 2.29. The summed E-state index contributed by atoms with van der Waals surface area (Å²) in [4.78, 5) is 2.50. The molecule has 0 aliphatic carbocycles. The Labute approximate surface area is 127 Å². The van der Waals surface area contributed by atoms with E-state index >= 15 is 0 Å². The minimum Gasteiger partial charge on any atom is -0.384 e. The van der Waals surface area contributed by atoms with E-state index in [1.165, 1.54) is 18.4 Å². The molecule has 1 fully saturated rings. The fraction of sp³-hybridized carbons (Fsp3) is 0.625. The topological polar surface area (TPSA) is 38.5 Å². The lowest BCUT2D eigenvalue weighted by Gasteiger charge is -2.39. The van der Waals surface area contributed by atoms with Gasteiger partial charge in [-0.3, -0.25) is 4.90 Å². The molecule has 0 amide bonds. The second-order valence-corrected chi connectivity index (χ2v) is 6.23. The van der Waals surface area contributed by atoms with E-state index in [0.717, 1.165) is 24.7 Å². The second-order valence-electron chi connectivity index (χ2n) is 5.79. The SMILES string of the molecule is COCC1CCN(C(c2ccc(Cl)cc2)C(C)N)CC1. The standard InChI is InChI=1S/C16H25ClN2O/c1-12(18)16(14-3-5-15(17)6-4-14)19-9-7-13(8-10-19)11-20-2/h3-6,12-13,16H,7-11,18H2,1-2H3. The summed E-state index contributed by atoms with van der Waals surface area (Å²) in [5.74, 6) is 0.690. The largest absolute Gasteiger partial charge is 0.384 e. The highest BCUT2D eigenvalue weighted by Gasteiger charge is 2.28. The van der Waals surface area contributed by atoms with Gasteiger partial charge in [-0.25, -0.2) is 0 Å². The van der Waals surface area contributed by atoms with Crippen LogP contribution < -0.4 is 5.73 Å². The van der Waals surface area contributed by atoms with Crippen molar-refractivity contribution in [3.63, 3.8) is 0 Å². The van der Waals surface area contributed by atoms with E-state index in [2.05, 4.69) is 24.0 Å². The molecule has 1 heterocycles. The summed E-state index contributed by atoms with van der Waals surface area (Å²) in [6.45, 7) is 5.13. The molecule has 0 bridgehead atoms. The third-order valence-corrected chi connectivity index (χ3v) is 4.41. The molecular weight excluding hydrogens is 272 g/mol. The van der Waals surface area contributed by atoms with Crippen LogP contribution in [0.5, 0.6) is 0 Å². The summed E-state index contributed by atoms with van der Waals surface area (Å²) >= 11 is 5.98. The number of nitrogens with zero attached hydrogens (tertiary/aromatic N) is 1. The van der Waals surface area contributed by atoms with E-state index < -0.39 is 0 Å². The lowest BCUT2D eigenvalue weighted by Crippen LogP contribution is -2.44. The first kappa shape index (κ1) is 15.8. The zero-order chi connectivity index (χ0) is 14.5. The maximum absolute atomic E-state index is 6.23. The molecule has 4 heteroatoms. The summed E-state index contributed by atoms with van der Waals surface area (Å²) in [7, 11) is 1.78. The molecule has 1 saturated heterocycles. The van der Waals surface area contributed by atoms with Crippen LogP contribution in [-0.2, 0) is 4.74 Å². The van der Waals surface area contributed by atoms with Gasteiger partial charge in [0.1, 0.15) is 0 Å². The molecule has 1 aromatic carbocycles. The highest BCUT2D eigenvalue weighted by molar-refractivity contribution is 6.30. The molecule has 1 aromatic rings. The van der Waals surface area contributed by atoms with Crippen molar-refractivity contribution in [2.24, 2.45) is 11.7 Å². The number of benzene rings is 1.